The quantitative estimate of drug-likeness (QED) is 0.500. The molecule has 3 N–H and O–H groups in total. The Morgan fingerprint density at radius 1 is 1.16 bits per heavy atom. The van der Waals surface area contributed by atoms with E-state index in [-0.39, 0.29) is 48.6 Å². The van der Waals surface area contributed by atoms with E-state index in [9.17, 15) is 19.2 Å². The van der Waals surface area contributed by atoms with Gasteiger partial charge < -0.3 is 15.4 Å². The molecule has 1 aromatic carbocycles. The van der Waals surface area contributed by atoms with E-state index >= 15 is 0 Å². The molecule has 0 spiro atoms. The highest BCUT2D eigenvalue weighted by Gasteiger charge is 2.24. The molecular formula is C21H28N4O5S. The summed E-state index contributed by atoms with van der Waals surface area (Å²) in [5.74, 6) is -0.851. The van der Waals surface area contributed by atoms with Gasteiger partial charge in [0.25, 0.3) is 5.56 Å². The molecular weight excluding hydrogens is 420 g/mol. The van der Waals surface area contributed by atoms with E-state index in [0.717, 1.165) is 23.7 Å². The van der Waals surface area contributed by atoms with Crippen molar-refractivity contribution in [1.29, 1.82) is 0 Å². The zero-order valence-corrected chi connectivity index (χ0v) is 18.6. The van der Waals surface area contributed by atoms with Gasteiger partial charge in [-0.2, -0.15) is 0 Å². The molecule has 9 nitrogen and oxygen atoms in total. The van der Waals surface area contributed by atoms with Crippen molar-refractivity contribution >= 4 is 35.1 Å². The number of nitrogens with zero attached hydrogens (tertiary/aromatic N) is 2. The van der Waals surface area contributed by atoms with Crippen molar-refractivity contribution in [2.45, 2.75) is 33.2 Å². The van der Waals surface area contributed by atoms with Crippen LogP contribution in [-0.2, 0) is 20.9 Å². The number of unbranched alkanes of at least 4 members (excludes halogenated alkanes) is 1. The number of carbonyl (C=O) groups is 2. The number of hydrogen-bond acceptors (Lipinski definition) is 7. The predicted molar refractivity (Wildman–Crippen MR) is 122 cm³/mol. The number of aromatic amines is 1. The number of amides is 1. The molecule has 0 atom stereocenters. The number of hydrogen-bond donors (Lipinski definition) is 2. The maximum atomic E-state index is 12.9. The molecule has 0 fully saturated rings. The third-order valence-corrected chi connectivity index (χ3v) is 5.35. The average molecular weight is 449 g/mol. The third kappa shape index (κ3) is 6.74. The topological polar surface area (TPSA) is 127 Å². The maximum absolute atomic E-state index is 12.9. The van der Waals surface area contributed by atoms with Crippen LogP contribution in [0, 0.1) is 0 Å². The summed E-state index contributed by atoms with van der Waals surface area (Å²) >= 11 is 1.10. The molecule has 1 amide bonds. The molecule has 0 unspecified atom stereocenters. The van der Waals surface area contributed by atoms with Gasteiger partial charge in [-0.05, 0) is 18.9 Å². The summed E-state index contributed by atoms with van der Waals surface area (Å²) in [6, 6.07) is 9.19. The van der Waals surface area contributed by atoms with Crippen LogP contribution in [0.4, 0.5) is 11.5 Å². The number of anilines is 2. The van der Waals surface area contributed by atoms with Crippen molar-refractivity contribution in [1.82, 2.24) is 9.55 Å². The van der Waals surface area contributed by atoms with Crippen molar-refractivity contribution in [3.8, 4) is 0 Å². The molecule has 0 aliphatic heterocycles. The summed E-state index contributed by atoms with van der Waals surface area (Å²) in [5, 5.41) is 0. The number of ether oxygens (including phenoxy) is 1. The number of nitrogens with one attached hydrogen (secondary N) is 1. The lowest BCUT2D eigenvalue weighted by Crippen LogP contribution is -2.42. The molecule has 1 aromatic heterocycles. The average Bonchev–Trinajstić information content (AvgIpc) is 2.74. The van der Waals surface area contributed by atoms with Crippen LogP contribution in [0.15, 0.2) is 39.9 Å². The van der Waals surface area contributed by atoms with Crippen LogP contribution in [0.2, 0.25) is 0 Å². The molecule has 1 heterocycles. The lowest BCUT2D eigenvalue weighted by atomic mass is 10.2. The number of nitrogens with two attached hydrogens (primary N) is 1. The molecule has 0 aliphatic rings. The minimum atomic E-state index is -0.716. The van der Waals surface area contributed by atoms with Gasteiger partial charge in [0.15, 0.2) is 5.69 Å². The zero-order valence-electron chi connectivity index (χ0n) is 17.8. The van der Waals surface area contributed by atoms with Gasteiger partial charge in [-0.15, -0.1) is 11.8 Å². The molecule has 2 rings (SSSR count). The fourth-order valence-corrected chi connectivity index (χ4v) is 3.62. The van der Waals surface area contributed by atoms with Gasteiger partial charge in [0, 0.05) is 6.54 Å². The second kappa shape index (κ2) is 12.0. The number of benzene rings is 1. The zero-order chi connectivity index (χ0) is 22.8. The van der Waals surface area contributed by atoms with E-state index in [2.05, 4.69) is 4.98 Å². The van der Waals surface area contributed by atoms with Gasteiger partial charge >= 0.3 is 11.7 Å². The van der Waals surface area contributed by atoms with Crippen LogP contribution in [0.5, 0.6) is 0 Å². The van der Waals surface area contributed by atoms with E-state index in [1.807, 2.05) is 37.3 Å². The first-order valence-corrected chi connectivity index (χ1v) is 11.2. The van der Waals surface area contributed by atoms with Gasteiger partial charge in [-0.3, -0.25) is 23.9 Å². The molecule has 0 bridgehead atoms. The van der Waals surface area contributed by atoms with Crippen LogP contribution in [-0.4, -0.2) is 46.1 Å². The monoisotopic (exact) mass is 448 g/mol. The number of carbonyl (C=O) groups excluding carboxylic acids is 2. The largest absolute Gasteiger partial charge is 0.465 e. The van der Waals surface area contributed by atoms with Crippen molar-refractivity contribution in [2.75, 3.05) is 35.3 Å². The summed E-state index contributed by atoms with van der Waals surface area (Å²) in [5.41, 5.74) is 5.64. The van der Waals surface area contributed by atoms with Crippen LogP contribution >= 0.6 is 11.8 Å². The first-order chi connectivity index (χ1) is 14.9. The molecule has 0 saturated carbocycles. The van der Waals surface area contributed by atoms with Crippen molar-refractivity contribution in [2.24, 2.45) is 0 Å². The maximum Gasteiger partial charge on any atom is 0.330 e. The number of esters is 1. The Morgan fingerprint density at radius 3 is 2.52 bits per heavy atom. The van der Waals surface area contributed by atoms with Crippen LogP contribution < -0.4 is 21.9 Å². The number of nitrogen functional groups attached to an aromatic ring is 1. The molecule has 31 heavy (non-hydrogen) atoms. The highest BCUT2D eigenvalue weighted by molar-refractivity contribution is 8.00. The Bertz CT molecular complexity index is 1000. The molecule has 0 aliphatic carbocycles. The highest BCUT2D eigenvalue weighted by Crippen LogP contribution is 2.20. The smallest absolute Gasteiger partial charge is 0.330 e. The minimum Gasteiger partial charge on any atom is -0.465 e. The summed E-state index contributed by atoms with van der Waals surface area (Å²) in [4.78, 5) is 53.0. The van der Waals surface area contributed by atoms with Crippen molar-refractivity contribution < 1.29 is 14.3 Å². The molecule has 168 valence electrons. The lowest BCUT2D eigenvalue weighted by molar-refractivity contribution is -0.139. The second-order valence-electron chi connectivity index (χ2n) is 6.76. The summed E-state index contributed by atoms with van der Waals surface area (Å²) in [6.45, 7) is 4.36. The summed E-state index contributed by atoms with van der Waals surface area (Å²) in [7, 11) is 0. The second-order valence-corrected chi connectivity index (χ2v) is 7.75. The van der Waals surface area contributed by atoms with Crippen LogP contribution in [0.3, 0.4) is 0 Å². The number of H-pyrrole nitrogens is 1. The van der Waals surface area contributed by atoms with E-state index in [0.29, 0.717) is 6.42 Å². The Kier molecular flexibility index (Phi) is 9.39. The summed E-state index contributed by atoms with van der Waals surface area (Å²) in [6.07, 6.45) is 1.44. The standard InChI is InChI=1S/C21H28N4O5S/c1-3-5-11-24(16(26)13-31-14-17(27)30-4-2)18-19(22)25(21(29)23-20(18)28)12-15-9-7-6-8-10-15/h6-10H,3-5,11-14,22H2,1-2H3,(H,23,28,29). The fourth-order valence-electron chi connectivity index (χ4n) is 2.94. The Morgan fingerprint density at radius 2 is 1.87 bits per heavy atom. The summed E-state index contributed by atoms with van der Waals surface area (Å²) < 4.78 is 6.10. The molecule has 2 aromatic rings. The highest BCUT2D eigenvalue weighted by atomic mass is 32.2. The third-order valence-electron chi connectivity index (χ3n) is 4.45. The van der Waals surface area contributed by atoms with E-state index in [1.54, 1.807) is 6.92 Å². The number of aromatic nitrogens is 2. The molecule has 0 saturated heterocycles. The lowest BCUT2D eigenvalue weighted by Gasteiger charge is -2.24. The molecule has 0 radical (unpaired) electrons. The van der Waals surface area contributed by atoms with Crippen LogP contribution in [0.1, 0.15) is 32.3 Å². The van der Waals surface area contributed by atoms with Crippen molar-refractivity contribution in [3.63, 3.8) is 0 Å². The first kappa shape index (κ1) is 24.3. The van der Waals surface area contributed by atoms with E-state index in [4.69, 9.17) is 10.5 Å². The number of rotatable bonds is 11. The van der Waals surface area contributed by atoms with Gasteiger partial charge in [0.1, 0.15) is 5.82 Å². The van der Waals surface area contributed by atoms with Crippen LogP contribution in [0.25, 0.3) is 0 Å². The predicted octanol–water partition coefficient (Wildman–Crippen LogP) is 1.60. The van der Waals surface area contributed by atoms with Gasteiger partial charge in [0.05, 0.1) is 24.7 Å². The Labute approximate surface area is 184 Å². The van der Waals surface area contributed by atoms with Gasteiger partial charge in [-0.25, -0.2) is 4.79 Å². The molecule has 10 heteroatoms. The van der Waals surface area contributed by atoms with Crippen molar-refractivity contribution in [3.05, 3.63) is 56.7 Å². The SMILES string of the molecule is CCCCN(C(=O)CSCC(=O)OCC)c1c(N)n(Cc2ccccc2)c(=O)[nH]c1=O. The van der Waals surface area contributed by atoms with Gasteiger partial charge in [0.2, 0.25) is 5.91 Å². The van der Waals surface area contributed by atoms with E-state index in [1.165, 1.54) is 9.47 Å². The minimum absolute atomic E-state index is 0.0283. The fraction of sp³-hybridized carbons (Fsp3) is 0.429. The Balaban J connectivity index is 2.33. The first-order valence-electron chi connectivity index (χ1n) is 10.1. The normalized spacial score (nSPS) is 10.6. The van der Waals surface area contributed by atoms with E-state index < -0.39 is 17.2 Å². The number of thioether (sulfide) groups is 1. The van der Waals surface area contributed by atoms with Gasteiger partial charge in [-0.1, -0.05) is 43.7 Å². The Hall–Kier alpha value is -3.01.